The molecule has 0 fully saturated rings. The first kappa shape index (κ1) is 13.8. The smallest absolute Gasteiger partial charge is 0.123 e. The lowest BCUT2D eigenvalue weighted by molar-refractivity contribution is 0.323. The van der Waals surface area contributed by atoms with Crippen molar-refractivity contribution in [3.8, 4) is 11.5 Å². The van der Waals surface area contributed by atoms with E-state index in [-0.39, 0.29) is 0 Å². The SMILES string of the molecule is COc1cc(CN(C)CCN)c(OC)cc1C. The van der Waals surface area contributed by atoms with Crippen LogP contribution in [0.4, 0.5) is 0 Å². The third kappa shape index (κ3) is 3.61. The molecule has 0 aromatic heterocycles. The van der Waals surface area contributed by atoms with Gasteiger partial charge >= 0.3 is 0 Å². The first-order valence-corrected chi connectivity index (χ1v) is 5.72. The first-order valence-electron chi connectivity index (χ1n) is 5.72. The van der Waals surface area contributed by atoms with Crippen LogP contribution in [-0.2, 0) is 6.54 Å². The van der Waals surface area contributed by atoms with E-state index in [9.17, 15) is 0 Å². The molecule has 0 atom stereocenters. The molecule has 0 aliphatic carbocycles. The fourth-order valence-corrected chi connectivity index (χ4v) is 1.83. The number of likely N-dealkylation sites (N-methyl/N-ethyl adjacent to an activating group) is 1. The molecule has 0 amide bonds. The number of methoxy groups -OCH3 is 2. The second-order valence-corrected chi connectivity index (χ2v) is 4.16. The van der Waals surface area contributed by atoms with Gasteiger partial charge in [-0.3, -0.25) is 0 Å². The minimum Gasteiger partial charge on any atom is -0.496 e. The van der Waals surface area contributed by atoms with E-state index in [1.165, 1.54) is 0 Å². The summed E-state index contributed by atoms with van der Waals surface area (Å²) in [5, 5.41) is 0. The van der Waals surface area contributed by atoms with Gasteiger partial charge in [0.1, 0.15) is 11.5 Å². The molecule has 0 aliphatic heterocycles. The van der Waals surface area contributed by atoms with Crippen molar-refractivity contribution in [3.63, 3.8) is 0 Å². The molecular formula is C13H22N2O2. The first-order chi connectivity index (χ1) is 8.12. The Balaban J connectivity index is 2.95. The summed E-state index contributed by atoms with van der Waals surface area (Å²) in [6.45, 7) is 4.33. The lowest BCUT2D eigenvalue weighted by Crippen LogP contribution is -2.25. The molecule has 1 aromatic rings. The maximum atomic E-state index is 5.54. The average molecular weight is 238 g/mol. The van der Waals surface area contributed by atoms with Crippen LogP contribution in [0.25, 0.3) is 0 Å². The molecule has 1 rings (SSSR count). The van der Waals surface area contributed by atoms with Crippen LogP contribution in [0.15, 0.2) is 12.1 Å². The van der Waals surface area contributed by atoms with Gasteiger partial charge in [0.05, 0.1) is 14.2 Å². The Bertz CT molecular complexity index is 367. The van der Waals surface area contributed by atoms with Crippen LogP contribution >= 0.6 is 0 Å². The zero-order chi connectivity index (χ0) is 12.8. The molecule has 0 unspecified atom stereocenters. The van der Waals surface area contributed by atoms with Crippen LogP contribution in [0.2, 0.25) is 0 Å². The lowest BCUT2D eigenvalue weighted by atomic mass is 10.1. The number of ether oxygens (including phenoxy) is 2. The molecule has 0 saturated heterocycles. The molecular weight excluding hydrogens is 216 g/mol. The molecule has 17 heavy (non-hydrogen) atoms. The van der Waals surface area contributed by atoms with Gasteiger partial charge in [-0.2, -0.15) is 0 Å². The minimum atomic E-state index is 0.655. The highest BCUT2D eigenvalue weighted by atomic mass is 16.5. The normalized spacial score (nSPS) is 10.7. The predicted octanol–water partition coefficient (Wildman–Crippen LogP) is 1.40. The molecule has 0 heterocycles. The maximum Gasteiger partial charge on any atom is 0.123 e. The monoisotopic (exact) mass is 238 g/mol. The second kappa shape index (κ2) is 6.47. The third-order valence-corrected chi connectivity index (χ3v) is 2.75. The summed E-state index contributed by atoms with van der Waals surface area (Å²) in [7, 11) is 5.41. The van der Waals surface area contributed by atoms with Gasteiger partial charge in [-0.15, -0.1) is 0 Å². The fraction of sp³-hybridized carbons (Fsp3) is 0.538. The van der Waals surface area contributed by atoms with E-state index in [2.05, 4.69) is 4.90 Å². The molecule has 1 aromatic carbocycles. The Morgan fingerprint density at radius 3 is 2.35 bits per heavy atom. The molecule has 0 bridgehead atoms. The lowest BCUT2D eigenvalue weighted by Gasteiger charge is -2.19. The van der Waals surface area contributed by atoms with Crippen molar-refractivity contribution in [2.75, 3.05) is 34.4 Å². The van der Waals surface area contributed by atoms with Crippen molar-refractivity contribution in [3.05, 3.63) is 23.3 Å². The van der Waals surface area contributed by atoms with Crippen LogP contribution in [-0.4, -0.2) is 39.3 Å². The van der Waals surface area contributed by atoms with Crippen molar-refractivity contribution in [1.82, 2.24) is 4.90 Å². The largest absolute Gasteiger partial charge is 0.496 e. The van der Waals surface area contributed by atoms with Crippen molar-refractivity contribution in [2.24, 2.45) is 5.73 Å². The third-order valence-electron chi connectivity index (χ3n) is 2.75. The van der Waals surface area contributed by atoms with Gasteiger partial charge in [0, 0.05) is 25.2 Å². The quantitative estimate of drug-likeness (QED) is 0.814. The molecule has 0 spiro atoms. The van der Waals surface area contributed by atoms with Crippen LogP contribution < -0.4 is 15.2 Å². The van der Waals surface area contributed by atoms with E-state index in [1.807, 2.05) is 26.1 Å². The highest BCUT2D eigenvalue weighted by Gasteiger charge is 2.10. The molecule has 0 radical (unpaired) electrons. The summed E-state index contributed by atoms with van der Waals surface area (Å²) in [6.07, 6.45) is 0. The van der Waals surface area contributed by atoms with E-state index in [4.69, 9.17) is 15.2 Å². The highest BCUT2D eigenvalue weighted by Crippen LogP contribution is 2.28. The van der Waals surface area contributed by atoms with Crippen LogP contribution in [0.3, 0.4) is 0 Å². The average Bonchev–Trinajstić information content (AvgIpc) is 2.31. The molecule has 2 N–H and O–H groups in total. The Labute approximate surface area is 103 Å². The van der Waals surface area contributed by atoms with Crippen molar-refractivity contribution < 1.29 is 9.47 Å². The molecule has 0 saturated carbocycles. The van der Waals surface area contributed by atoms with Gasteiger partial charge in [0.2, 0.25) is 0 Å². The Kier molecular flexibility index (Phi) is 5.25. The molecule has 0 aliphatic rings. The van der Waals surface area contributed by atoms with Crippen LogP contribution in [0.5, 0.6) is 11.5 Å². The van der Waals surface area contributed by atoms with E-state index in [1.54, 1.807) is 14.2 Å². The zero-order valence-electron chi connectivity index (χ0n) is 11.1. The summed E-state index contributed by atoms with van der Waals surface area (Å²) in [5.41, 5.74) is 7.73. The van der Waals surface area contributed by atoms with Crippen molar-refractivity contribution in [1.29, 1.82) is 0 Å². The Morgan fingerprint density at radius 2 is 1.82 bits per heavy atom. The zero-order valence-corrected chi connectivity index (χ0v) is 11.1. The summed E-state index contributed by atoms with van der Waals surface area (Å²) in [4.78, 5) is 2.16. The maximum absolute atomic E-state index is 5.54. The van der Waals surface area contributed by atoms with E-state index >= 15 is 0 Å². The van der Waals surface area contributed by atoms with Gasteiger partial charge < -0.3 is 20.1 Å². The van der Waals surface area contributed by atoms with E-state index in [0.717, 1.165) is 35.7 Å². The summed E-state index contributed by atoms with van der Waals surface area (Å²) < 4.78 is 10.7. The van der Waals surface area contributed by atoms with Crippen LogP contribution in [0.1, 0.15) is 11.1 Å². The standard InChI is InChI=1S/C13H22N2O2/c1-10-7-13(17-4)11(8-12(10)16-3)9-15(2)6-5-14/h7-8H,5-6,9,14H2,1-4H3. The Hall–Kier alpha value is -1.26. The van der Waals surface area contributed by atoms with Crippen molar-refractivity contribution in [2.45, 2.75) is 13.5 Å². The summed E-state index contributed by atoms with van der Waals surface area (Å²) >= 11 is 0. The number of hydrogen-bond acceptors (Lipinski definition) is 4. The van der Waals surface area contributed by atoms with Crippen molar-refractivity contribution >= 4 is 0 Å². The number of benzene rings is 1. The molecule has 96 valence electrons. The number of hydrogen-bond donors (Lipinski definition) is 1. The van der Waals surface area contributed by atoms with Gasteiger partial charge in [0.15, 0.2) is 0 Å². The molecule has 4 nitrogen and oxygen atoms in total. The highest BCUT2D eigenvalue weighted by molar-refractivity contribution is 5.45. The van der Waals surface area contributed by atoms with E-state index < -0.39 is 0 Å². The fourth-order valence-electron chi connectivity index (χ4n) is 1.83. The van der Waals surface area contributed by atoms with Gasteiger partial charge in [0.25, 0.3) is 0 Å². The second-order valence-electron chi connectivity index (χ2n) is 4.16. The van der Waals surface area contributed by atoms with Gasteiger partial charge in [-0.25, -0.2) is 0 Å². The summed E-state index contributed by atoms with van der Waals surface area (Å²) in [5.74, 6) is 1.79. The van der Waals surface area contributed by atoms with E-state index in [0.29, 0.717) is 6.54 Å². The van der Waals surface area contributed by atoms with Gasteiger partial charge in [-0.05, 0) is 31.7 Å². The predicted molar refractivity (Wildman–Crippen MR) is 69.7 cm³/mol. The number of rotatable bonds is 6. The molecule has 4 heteroatoms. The van der Waals surface area contributed by atoms with Crippen LogP contribution in [0, 0.1) is 6.92 Å². The van der Waals surface area contributed by atoms with Gasteiger partial charge in [-0.1, -0.05) is 0 Å². The number of nitrogens with two attached hydrogens (primary N) is 1. The number of aryl methyl sites for hydroxylation is 1. The number of nitrogens with zero attached hydrogens (tertiary/aromatic N) is 1. The topological polar surface area (TPSA) is 47.7 Å². The summed E-state index contributed by atoms with van der Waals surface area (Å²) in [6, 6.07) is 4.03. The Morgan fingerprint density at radius 1 is 1.18 bits per heavy atom. The minimum absolute atomic E-state index is 0.655.